The molecule has 0 spiro atoms. The van der Waals surface area contributed by atoms with Crippen LogP contribution in [0.5, 0.6) is 0 Å². The minimum absolute atomic E-state index is 0.0681. The van der Waals surface area contributed by atoms with Crippen LogP contribution in [0.2, 0.25) is 0 Å². The van der Waals surface area contributed by atoms with Crippen molar-refractivity contribution in [2.75, 3.05) is 6.61 Å². The Morgan fingerprint density at radius 1 is 0.448 bits per heavy atom. The third-order valence-corrected chi connectivity index (χ3v) is 13.4. The van der Waals surface area contributed by atoms with Gasteiger partial charge in [0.2, 0.25) is 5.91 Å². The van der Waals surface area contributed by atoms with Gasteiger partial charge >= 0.3 is 5.97 Å². The van der Waals surface area contributed by atoms with Crippen LogP contribution in [-0.2, 0) is 14.3 Å². The first kappa shape index (κ1) is 64.8. The highest BCUT2D eigenvalue weighted by atomic mass is 16.5. The van der Waals surface area contributed by atoms with Crippen molar-refractivity contribution in [2.45, 2.75) is 322 Å². The van der Waals surface area contributed by atoms with Gasteiger partial charge in [0.25, 0.3) is 0 Å². The molecule has 0 aromatic rings. The second-order valence-corrected chi connectivity index (χ2v) is 20.0. The SMILES string of the molecule is CC/C=C/C/C=C/C/C=C/C/C=C/CCCCCC(=O)OC(CCCCCCCCCCCCCCCCCCC)CC(=O)NC(CO)C(O)CCCCCCCCCCCCCCCCC. The molecular formula is C61H113NO5. The summed E-state index contributed by atoms with van der Waals surface area (Å²) in [6.45, 7) is 6.40. The van der Waals surface area contributed by atoms with E-state index in [2.05, 4.69) is 74.7 Å². The number of hydrogen-bond acceptors (Lipinski definition) is 5. The summed E-state index contributed by atoms with van der Waals surface area (Å²) in [5, 5.41) is 23.9. The van der Waals surface area contributed by atoms with Crippen LogP contribution in [0, 0.1) is 0 Å². The number of aliphatic hydroxyl groups is 2. The number of nitrogens with one attached hydrogen (secondary N) is 1. The standard InChI is InChI=1S/C61H113NO5/c1-4-7-10-13-16-19-22-25-28-30-32-34-37-40-43-46-49-52-57(67-61(66)54-51-48-45-42-39-36-33-29-26-23-20-17-14-11-8-5-2)55-60(65)62-58(56-63)59(64)53-50-47-44-41-38-35-31-27-24-21-18-15-12-9-6-3/h8,11,17,20,26,29,36,39,57-59,63-64H,4-7,9-10,12-16,18-19,21-25,27-28,30-35,37-38,40-56H2,1-3H3,(H,62,65)/b11-8+,20-17+,29-26+,39-36+. The number of esters is 1. The number of amides is 1. The molecule has 67 heavy (non-hydrogen) atoms. The van der Waals surface area contributed by atoms with Gasteiger partial charge in [-0.25, -0.2) is 0 Å². The minimum atomic E-state index is -0.793. The highest BCUT2D eigenvalue weighted by Crippen LogP contribution is 2.19. The maximum atomic E-state index is 13.3. The van der Waals surface area contributed by atoms with Crippen molar-refractivity contribution < 1.29 is 24.5 Å². The van der Waals surface area contributed by atoms with Crippen molar-refractivity contribution in [1.82, 2.24) is 5.32 Å². The minimum Gasteiger partial charge on any atom is -0.462 e. The Bertz CT molecular complexity index is 1150. The zero-order valence-electron chi connectivity index (χ0n) is 44.8. The molecule has 0 aliphatic rings. The molecule has 0 saturated heterocycles. The van der Waals surface area contributed by atoms with Crippen molar-refractivity contribution in [2.24, 2.45) is 0 Å². The Morgan fingerprint density at radius 3 is 1.21 bits per heavy atom. The fourth-order valence-electron chi connectivity index (χ4n) is 9.01. The molecule has 6 nitrogen and oxygen atoms in total. The summed E-state index contributed by atoms with van der Waals surface area (Å²) in [5.41, 5.74) is 0. The van der Waals surface area contributed by atoms with Crippen LogP contribution in [0.3, 0.4) is 0 Å². The first-order valence-corrected chi connectivity index (χ1v) is 29.4. The van der Waals surface area contributed by atoms with Gasteiger partial charge < -0.3 is 20.3 Å². The van der Waals surface area contributed by atoms with Crippen LogP contribution in [0.25, 0.3) is 0 Å². The number of allylic oxidation sites excluding steroid dienone is 8. The summed E-state index contributed by atoms with van der Waals surface area (Å²) >= 11 is 0. The lowest BCUT2D eigenvalue weighted by Crippen LogP contribution is -2.46. The van der Waals surface area contributed by atoms with E-state index >= 15 is 0 Å². The molecule has 3 atom stereocenters. The van der Waals surface area contributed by atoms with Gasteiger partial charge in [0, 0.05) is 6.42 Å². The molecule has 0 aromatic heterocycles. The van der Waals surface area contributed by atoms with Gasteiger partial charge in [-0.3, -0.25) is 9.59 Å². The summed E-state index contributed by atoms with van der Waals surface area (Å²) in [5.74, 6) is -0.495. The Labute approximate surface area is 416 Å². The van der Waals surface area contributed by atoms with Gasteiger partial charge in [-0.15, -0.1) is 0 Å². The smallest absolute Gasteiger partial charge is 0.306 e. The zero-order chi connectivity index (χ0) is 48.8. The van der Waals surface area contributed by atoms with Crippen LogP contribution in [0.4, 0.5) is 0 Å². The molecule has 3 unspecified atom stereocenters. The quantitative estimate of drug-likeness (QED) is 0.0321. The molecule has 0 heterocycles. The first-order chi connectivity index (χ1) is 33.0. The number of carbonyl (C=O) groups excluding carboxylic acids is 2. The second-order valence-electron chi connectivity index (χ2n) is 20.0. The molecule has 0 aromatic carbocycles. The van der Waals surface area contributed by atoms with Gasteiger partial charge in [0.05, 0.1) is 25.2 Å². The third-order valence-electron chi connectivity index (χ3n) is 13.4. The maximum Gasteiger partial charge on any atom is 0.306 e. The zero-order valence-corrected chi connectivity index (χ0v) is 44.8. The highest BCUT2D eigenvalue weighted by molar-refractivity contribution is 5.77. The Hall–Kier alpha value is -2.18. The van der Waals surface area contributed by atoms with E-state index in [-0.39, 0.29) is 24.9 Å². The number of hydrogen-bond donors (Lipinski definition) is 3. The molecular weight excluding hydrogens is 827 g/mol. The third kappa shape index (κ3) is 50.0. The van der Waals surface area contributed by atoms with Crippen molar-refractivity contribution >= 4 is 11.9 Å². The highest BCUT2D eigenvalue weighted by Gasteiger charge is 2.24. The molecule has 392 valence electrons. The summed E-state index contributed by atoms with van der Waals surface area (Å²) in [6.07, 6.45) is 67.5. The summed E-state index contributed by atoms with van der Waals surface area (Å²) < 4.78 is 5.96. The lowest BCUT2D eigenvalue weighted by Gasteiger charge is -2.24. The molecule has 0 aliphatic heterocycles. The molecule has 0 saturated carbocycles. The van der Waals surface area contributed by atoms with E-state index in [1.807, 2.05) is 0 Å². The average Bonchev–Trinajstić information content (AvgIpc) is 3.32. The van der Waals surface area contributed by atoms with Crippen LogP contribution in [0.15, 0.2) is 48.6 Å². The largest absolute Gasteiger partial charge is 0.462 e. The molecule has 0 rings (SSSR count). The monoisotopic (exact) mass is 940 g/mol. The molecule has 1 amide bonds. The topological polar surface area (TPSA) is 95.9 Å². The van der Waals surface area contributed by atoms with E-state index < -0.39 is 18.2 Å². The van der Waals surface area contributed by atoms with E-state index in [0.717, 1.165) is 83.5 Å². The lowest BCUT2D eigenvalue weighted by atomic mass is 10.0. The van der Waals surface area contributed by atoms with E-state index in [4.69, 9.17) is 4.74 Å². The maximum absolute atomic E-state index is 13.3. The summed E-state index contributed by atoms with van der Waals surface area (Å²) in [6, 6.07) is -0.707. The molecule has 0 bridgehead atoms. The number of ether oxygens (including phenoxy) is 1. The Kier molecular flexibility index (Phi) is 53.0. The first-order valence-electron chi connectivity index (χ1n) is 29.4. The van der Waals surface area contributed by atoms with E-state index in [0.29, 0.717) is 19.3 Å². The van der Waals surface area contributed by atoms with Gasteiger partial charge in [0.15, 0.2) is 0 Å². The van der Waals surface area contributed by atoms with E-state index in [1.54, 1.807) is 0 Å². The summed E-state index contributed by atoms with van der Waals surface area (Å²) in [7, 11) is 0. The second kappa shape index (κ2) is 54.8. The van der Waals surface area contributed by atoms with Crippen LogP contribution >= 0.6 is 0 Å². The van der Waals surface area contributed by atoms with Crippen LogP contribution < -0.4 is 5.32 Å². The van der Waals surface area contributed by atoms with E-state index in [9.17, 15) is 19.8 Å². The predicted molar refractivity (Wildman–Crippen MR) is 292 cm³/mol. The number of rotatable bonds is 53. The summed E-state index contributed by atoms with van der Waals surface area (Å²) in [4.78, 5) is 26.3. The van der Waals surface area contributed by atoms with Crippen molar-refractivity contribution in [3.8, 4) is 0 Å². The Morgan fingerprint density at radius 2 is 0.806 bits per heavy atom. The predicted octanol–water partition coefficient (Wildman–Crippen LogP) is 18.2. The fraction of sp³-hybridized carbons (Fsp3) is 0.836. The van der Waals surface area contributed by atoms with Crippen LogP contribution in [-0.4, -0.2) is 46.9 Å². The molecule has 3 N–H and O–H groups in total. The van der Waals surface area contributed by atoms with Crippen molar-refractivity contribution in [3.05, 3.63) is 48.6 Å². The Balaban J connectivity index is 4.58. The molecule has 0 aliphatic carbocycles. The fourth-order valence-corrected chi connectivity index (χ4v) is 9.01. The van der Waals surface area contributed by atoms with Gasteiger partial charge in [0.1, 0.15) is 6.10 Å². The van der Waals surface area contributed by atoms with E-state index in [1.165, 1.54) is 173 Å². The molecule has 6 heteroatoms. The van der Waals surface area contributed by atoms with Gasteiger partial charge in [-0.2, -0.15) is 0 Å². The number of unbranched alkanes of at least 4 members (excludes halogenated alkanes) is 33. The van der Waals surface area contributed by atoms with Crippen molar-refractivity contribution in [3.63, 3.8) is 0 Å². The number of aliphatic hydroxyl groups excluding tert-OH is 2. The normalized spacial score (nSPS) is 13.4. The average molecular weight is 941 g/mol. The molecule has 0 radical (unpaired) electrons. The molecule has 0 fully saturated rings. The van der Waals surface area contributed by atoms with Gasteiger partial charge in [-0.05, 0) is 64.2 Å². The van der Waals surface area contributed by atoms with Crippen LogP contribution in [0.1, 0.15) is 303 Å². The number of carbonyl (C=O) groups is 2. The van der Waals surface area contributed by atoms with Crippen molar-refractivity contribution in [1.29, 1.82) is 0 Å². The lowest BCUT2D eigenvalue weighted by molar-refractivity contribution is -0.151. The van der Waals surface area contributed by atoms with Gasteiger partial charge in [-0.1, -0.05) is 275 Å².